The van der Waals surface area contributed by atoms with Crippen molar-refractivity contribution in [3.63, 3.8) is 0 Å². The van der Waals surface area contributed by atoms with Gasteiger partial charge in [-0.25, -0.2) is 9.37 Å². The third-order valence-electron chi connectivity index (χ3n) is 4.87. The number of likely N-dealkylation sites (N-methyl/N-ethyl adjacent to an activating group) is 1. The molecule has 1 aromatic carbocycles. The number of aryl methyl sites for hydroxylation is 1. The van der Waals surface area contributed by atoms with E-state index in [1.165, 1.54) is 11.3 Å². The van der Waals surface area contributed by atoms with E-state index in [-0.39, 0.29) is 11.4 Å². The van der Waals surface area contributed by atoms with Crippen molar-refractivity contribution in [2.45, 2.75) is 32.7 Å². The Hall–Kier alpha value is -1.66. The van der Waals surface area contributed by atoms with Crippen molar-refractivity contribution in [3.05, 3.63) is 29.6 Å². The van der Waals surface area contributed by atoms with Crippen LogP contribution in [0.25, 0.3) is 11.3 Å². The lowest BCUT2D eigenvalue weighted by atomic mass is 9.99. The van der Waals surface area contributed by atoms with Crippen LogP contribution < -0.4 is 10.6 Å². The van der Waals surface area contributed by atoms with E-state index in [1.807, 2.05) is 13.0 Å². The molecule has 4 nitrogen and oxygen atoms in total. The average molecular weight is 348 g/mol. The molecule has 2 aromatic rings. The summed E-state index contributed by atoms with van der Waals surface area (Å²) in [6.07, 6.45) is 0.793. The second kappa shape index (κ2) is 6.33. The number of halogens is 1. The van der Waals surface area contributed by atoms with E-state index in [1.54, 1.807) is 12.1 Å². The highest BCUT2D eigenvalue weighted by Gasteiger charge is 2.33. The van der Waals surface area contributed by atoms with Gasteiger partial charge in [-0.3, -0.25) is 4.90 Å². The van der Waals surface area contributed by atoms with Gasteiger partial charge in [-0.1, -0.05) is 18.3 Å². The summed E-state index contributed by atoms with van der Waals surface area (Å²) in [5.41, 5.74) is 8.66. The third kappa shape index (κ3) is 3.26. The molecular formula is C18H25FN4S. The number of piperazine rings is 1. The van der Waals surface area contributed by atoms with Crippen molar-refractivity contribution in [2.24, 2.45) is 0 Å². The molecule has 1 saturated heterocycles. The number of benzene rings is 1. The predicted octanol–water partition coefficient (Wildman–Crippen LogP) is 3.62. The van der Waals surface area contributed by atoms with Crippen LogP contribution in [0.4, 0.5) is 14.5 Å². The molecule has 2 heterocycles. The maximum absolute atomic E-state index is 14.0. The van der Waals surface area contributed by atoms with Gasteiger partial charge in [0.2, 0.25) is 0 Å². The number of thiazole rings is 1. The van der Waals surface area contributed by atoms with Gasteiger partial charge in [-0.2, -0.15) is 0 Å². The second-order valence-corrected chi connectivity index (χ2v) is 8.07. The fraction of sp³-hybridized carbons (Fsp3) is 0.500. The summed E-state index contributed by atoms with van der Waals surface area (Å²) in [6.45, 7) is 9.30. The zero-order chi connectivity index (χ0) is 17.5. The molecule has 2 N–H and O–H groups in total. The van der Waals surface area contributed by atoms with Crippen LogP contribution in [0.3, 0.4) is 0 Å². The average Bonchev–Trinajstić information content (AvgIpc) is 2.91. The Labute approximate surface area is 147 Å². The van der Waals surface area contributed by atoms with Crippen molar-refractivity contribution in [3.8, 4) is 11.3 Å². The summed E-state index contributed by atoms with van der Waals surface area (Å²) >= 11 is 1.49. The number of anilines is 2. The van der Waals surface area contributed by atoms with Crippen LogP contribution >= 0.6 is 11.3 Å². The predicted molar refractivity (Wildman–Crippen MR) is 100 cm³/mol. The highest BCUT2D eigenvalue weighted by atomic mass is 32.1. The Morgan fingerprint density at radius 1 is 1.29 bits per heavy atom. The first kappa shape index (κ1) is 17.2. The monoisotopic (exact) mass is 348 g/mol. The normalized spacial score (nSPS) is 18.1. The first-order valence-electron chi connectivity index (χ1n) is 8.32. The molecule has 0 bridgehead atoms. The van der Waals surface area contributed by atoms with Gasteiger partial charge in [0.25, 0.3) is 0 Å². The summed E-state index contributed by atoms with van der Waals surface area (Å²) in [5, 5.41) is 1.57. The first-order chi connectivity index (χ1) is 11.3. The standard InChI is InChI=1S/C18H25FN4S/c1-5-12-8-13(10-14(19)9-12)15-16(24-17(20)21-15)23-7-6-22(4)18(2,3)11-23/h8-10H,5-7,11H2,1-4H3,(H2,20,21). The summed E-state index contributed by atoms with van der Waals surface area (Å²) < 4.78 is 14.0. The third-order valence-corrected chi connectivity index (χ3v) is 5.81. The van der Waals surface area contributed by atoms with Crippen molar-refractivity contribution in [2.75, 3.05) is 37.3 Å². The lowest BCUT2D eigenvalue weighted by Gasteiger charge is -2.45. The quantitative estimate of drug-likeness (QED) is 0.920. The van der Waals surface area contributed by atoms with Gasteiger partial charge in [0.1, 0.15) is 16.5 Å². The highest BCUT2D eigenvalue weighted by Crippen LogP contribution is 2.39. The van der Waals surface area contributed by atoms with Gasteiger partial charge in [0.05, 0.1) is 0 Å². The Morgan fingerprint density at radius 2 is 2.04 bits per heavy atom. The van der Waals surface area contributed by atoms with Crippen LogP contribution in [0.15, 0.2) is 18.2 Å². The van der Waals surface area contributed by atoms with Crippen LogP contribution in [0.1, 0.15) is 26.3 Å². The first-order valence-corrected chi connectivity index (χ1v) is 9.14. The minimum Gasteiger partial charge on any atom is -0.375 e. The van der Waals surface area contributed by atoms with Crippen LogP contribution in [0.2, 0.25) is 0 Å². The minimum atomic E-state index is -0.222. The highest BCUT2D eigenvalue weighted by molar-refractivity contribution is 7.19. The molecule has 0 aliphatic carbocycles. The van der Waals surface area contributed by atoms with Gasteiger partial charge >= 0.3 is 0 Å². The van der Waals surface area contributed by atoms with Crippen LogP contribution in [0.5, 0.6) is 0 Å². The number of aromatic nitrogens is 1. The number of hydrogen-bond donors (Lipinski definition) is 1. The molecule has 3 rings (SSSR count). The summed E-state index contributed by atoms with van der Waals surface area (Å²) in [4.78, 5) is 9.21. The number of rotatable bonds is 3. The molecule has 0 atom stereocenters. The van der Waals surface area contributed by atoms with Gasteiger partial charge in [-0.05, 0) is 51.1 Å². The molecule has 1 aliphatic rings. The van der Waals surface area contributed by atoms with Gasteiger partial charge in [0, 0.05) is 30.7 Å². The van der Waals surface area contributed by atoms with E-state index in [9.17, 15) is 4.39 Å². The van der Waals surface area contributed by atoms with E-state index in [4.69, 9.17) is 5.73 Å². The summed E-state index contributed by atoms with van der Waals surface area (Å²) in [5.74, 6) is -0.222. The topological polar surface area (TPSA) is 45.4 Å². The van der Waals surface area contributed by atoms with Gasteiger partial charge < -0.3 is 10.6 Å². The van der Waals surface area contributed by atoms with E-state index >= 15 is 0 Å². The minimum absolute atomic E-state index is 0.0742. The van der Waals surface area contributed by atoms with Crippen LogP contribution in [-0.2, 0) is 6.42 Å². The smallest absolute Gasteiger partial charge is 0.182 e. The maximum atomic E-state index is 14.0. The van der Waals surface area contributed by atoms with E-state index in [2.05, 4.69) is 35.7 Å². The molecule has 6 heteroatoms. The summed E-state index contributed by atoms with van der Waals surface area (Å²) in [7, 11) is 2.15. The lowest BCUT2D eigenvalue weighted by Crippen LogP contribution is -2.57. The molecule has 0 unspecified atom stereocenters. The second-order valence-electron chi connectivity index (χ2n) is 7.06. The molecule has 24 heavy (non-hydrogen) atoms. The summed E-state index contributed by atoms with van der Waals surface area (Å²) in [6, 6.07) is 5.15. The molecule has 130 valence electrons. The Bertz CT molecular complexity index is 741. The Morgan fingerprint density at radius 3 is 2.71 bits per heavy atom. The Kier molecular flexibility index (Phi) is 4.53. The van der Waals surface area contributed by atoms with Gasteiger partial charge in [0.15, 0.2) is 5.13 Å². The van der Waals surface area contributed by atoms with E-state index < -0.39 is 0 Å². The number of nitrogens with zero attached hydrogens (tertiary/aromatic N) is 3. The molecule has 0 radical (unpaired) electrons. The molecule has 0 saturated carbocycles. The van der Waals surface area contributed by atoms with Crippen molar-refractivity contribution >= 4 is 21.5 Å². The largest absolute Gasteiger partial charge is 0.375 e. The number of nitrogen functional groups attached to an aromatic ring is 1. The van der Waals surface area contributed by atoms with Crippen LogP contribution in [-0.4, -0.2) is 42.1 Å². The van der Waals surface area contributed by atoms with Crippen LogP contribution in [0, 0.1) is 5.82 Å². The molecule has 1 aliphatic heterocycles. The fourth-order valence-electron chi connectivity index (χ4n) is 3.14. The molecule has 0 amide bonds. The zero-order valence-corrected chi connectivity index (χ0v) is 15.6. The molecular weight excluding hydrogens is 323 g/mol. The molecule has 1 fully saturated rings. The lowest BCUT2D eigenvalue weighted by molar-refractivity contribution is 0.139. The molecule has 1 aromatic heterocycles. The number of hydrogen-bond acceptors (Lipinski definition) is 5. The van der Waals surface area contributed by atoms with Crippen molar-refractivity contribution in [1.82, 2.24) is 9.88 Å². The SMILES string of the molecule is CCc1cc(F)cc(-c2nc(N)sc2N2CCN(C)C(C)(C)C2)c1. The Balaban J connectivity index is 2.01. The molecule has 0 spiro atoms. The fourth-order valence-corrected chi connectivity index (χ4v) is 4.02. The zero-order valence-electron chi connectivity index (χ0n) is 14.8. The number of nitrogens with two attached hydrogens (primary N) is 1. The van der Waals surface area contributed by atoms with Crippen molar-refractivity contribution in [1.29, 1.82) is 0 Å². The van der Waals surface area contributed by atoms with Crippen molar-refractivity contribution < 1.29 is 4.39 Å². The van der Waals surface area contributed by atoms with E-state index in [0.29, 0.717) is 5.13 Å². The maximum Gasteiger partial charge on any atom is 0.182 e. The van der Waals surface area contributed by atoms with E-state index in [0.717, 1.165) is 47.9 Å². The van der Waals surface area contributed by atoms with Gasteiger partial charge in [-0.15, -0.1) is 0 Å².